The molecular formula is C18H11BrFN3O2. The van der Waals surface area contributed by atoms with Crippen molar-refractivity contribution in [2.24, 2.45) is 7.05 Å². The van der Waals surface area contributed by atoms with Gasteiger partial charge in [0.15, 0.2) is 0 Å². The standard InChI is InChI=1S/C18H11BrFN3O2/c1-22-15-7-14(20)13(19)6-12(15)17(24)23(18(22)25)16-9-21-8-10-4-2-3-5-11(10)16/h2-9H,1H3. The lowest BCUT2D eigenvalue weighted by Crippen LogP contribution is -2.38. The Kier molecular flexibility index (Phi) is 3.54. The molecule has 2 aromatic carbocycles. The lowest BCUT2D eigenvalue weighted by Gasteiger charge is -2.12. The van der Waals surface area contributed by atoms with Crippen molar-refractivity contribution < 1.29 is 4.39 Å². The molecule has 0 N–H and O–H groups in total. The summed E-state index contributed by atoms with van der Waals surface area (Å²) in [4.78, 5) is 29.9. The van der Waals surface area contributed by atoms with Gasteiger partial charge in [0, 0.05) is 24.0 Å². The Balaban J connectivity index is 2.21. The molecule has 2 aromatic heterocycles. The molecule has 7 heteroatoms. The third-order valence-corrected chi connectivity index (χ3v) is 4.81. The van der Waals surface area contributed by atoms with Crippen molar-refractivity contribution in [1.29, 1.82) is 0 Å². The third kappa shape index (κ3) is 2.31. The highest BCUT2D eigenvalue weighted by Gasteiger charge is 2.16. The van der Waals surface area contributed by atoms with Crippen LogP contribution in [0.2, 0.25) is 0 Å². The topological polar surface area (TPSA) is 56.9 Å². The van der Waals surface area contributed by atoms with Gasteiger partial charge in [-0.3, -0.25) is 14.3 Å². The van der Waals surface area contributed by atoms with Gasteiger partial charge in [0.2, 0.25) is 0 Å². The molecule has 0 radical (unpaired) electrons. The first-order valence-corrected chi connectivity index (χ1v) is 8.22. The molecule has 0 saturated carbocycles. The van der Waals surface area contributed by atoms with Crippen molar-refractivity contribution in [3.63, 3.8) is 0 Å². The zero-order chi connectivity index (χ0) is 17.7. The van der Waals surface area contributed by atoms with Gasteiger partial charge in [-0.05, 0) is 28.1 Å². The van der Waals surface area contributed by atoms with E-state index in [1.165, 1.54) is 29.9 Å². The van der Waals surface area contributed by atoms with Crippen molar-refractivity contribution >= 4 is 37.6 Å². The van der Waals surface area contributed by atoms with Crippen molar-refractivity contribution in [1.82, 2.24) is 14.1 Å². The number of halogens is 2. The van der Waals surface area contributed by atoms with E-state index in [4.69, 9.17) is 0 Å². The fourth-order valence-electron chi connectivity index (χ4n) is 2.94. The Morgan fingerprint density at radius 2 is 1.84 bits per heavy atom. The predicted octanol–water partition coefficient (Wildman–Crippen LogP) is 3.14. The molecule has 25 heavy (non-hydrogen) atoms. The van der Waals surface area contributed by atoms with Gasteiger partial charge in [0.1, 0.15) is 5.82 Å². The first-order chi connectivity index (χ1) is 12.0. The lowest BCUT2D eigenvalue weighted by atomic mass is 10.1. The molecule has 2 heterocycles. The summed E-state index contributed by atoms with van der Waals surface area (Å²) in [6.45, 7) is 0. The lowest BCUT2D eigenvalue weighted by molar-refractivity contribution is 0.621. The van der Waals surface area contributed by atoms with Gasteiger partial charge in [0.05, 0.1) is 27.3 Å². The normalized spacial score (nSPS) is 11.3. The molecule has 5 nitrogen and oxygen atoms in total. The molecular weight excluding hydrogens is 389 g/mol. The van der Waals surface area contributed by atoms with Crippen LogP contribution in [0.15, 0.2) is 62.9 Å². The zero-order valence-corrected chi connectivity index (χ0v) is 14.6. The van der Waals surface area contributed by atoms with E-state index in [9.17, 15) is 14.0 Å². The largest absolute Gasteiger partial charge is 0.335 e. The summed E-state index contributed by atoms with van der Waals surface area (Å²) in [6, 6.07) is 9.93. The van der Waals surface area contributed by atoms with Gasteiger partial charge in [-0.2, -0.15) is 0 Å². The number of hydrogen-bond acceptors (Lipinski definition) is 3. The smallest absolute Gasteiger partial charge is 0.296 e. The van der Waals surface area contributed by atoms with Crippen LogP contribution in [0.3, 0.4) is 0 Å². The highest BCUT2D eigenvalue weighted by molar-refractivity contribution is 9.10. The number of aryl methyl sites for hydroxylation is 1. The maximum atomic E-state index is 13.8. The van der Waals surface area contributed by atoms with E-state index >= 15 is 0 Å². The maximum absolute atomic E-state index is 13.8. The van der Waals surface area contributed by atoms with Crippen LogP contribution in [0.1, 0.15) is 0 Å². The number of hydrogen-bond donors (Lipinski definition) is 0. The van der Waals surface area contributed by atoms with Gasteiger partial charge < -0.3 is 0 Å². The quantitative estimate of drug-likeness (QED) is 0.494. The van der Waals surface area contributed by atoms with Gasteiger partial charge in [0.25, 0.3) is 5.56 Å². The van der Waals surface area contributed by atoms with Gasteiger partial charge in [-0.15, -0.1) is 0 Å². The summed E-state index contributed by atoms with van der Waals surface area (Å²) < 4.78 is 16.3. The Hall–Kier alpha value is -2.80. The summed E-state index contributed by atoms with van der Waals surface area (Å²) in [7, 11) is 1.51. The Bertz CT molecular complexity index is 1270. The summed E-state index contributed by atoms with van der Waals surface area (Å²) in [5, 5.41) is 1.79. The van der Waals surface area contributed by atoms with E-state index in [0.29, 0.717) is 5.69 Å². The number of fused-ring (bicyclic) bond motifs is 2. The van der Waals surface area contributed by atoms with Crippen molar-refractivity contribution in [3.05, 3.63) is 79.9 Å². The van der Waals surface area contributed by atoms with E-state index in [2.05, 4.69) is 20.9 Å². The number of pyridine rings is 1. The molecule has 0 aliphatic heterocycles. The minimum Gasteiger partial charge on any atom is -0.296 e. The molecule has 0 amide bonds. The van der Waals surface area contributed by atoms with Crippen LogP contribution in [0.5, 0.6) is 0 Å². The molecule has 0 spiro atoms. The monoisotopic (exact) mass is 399 g/mol. The molecule has 0 aliphatic carbocycles. The summed E-state index contributed by atoms with van der Waals surface area (Å²) >= 11 is 3.09. The van der Waals surface area contributed by atoms with Crippen molar-refractivity contribution in [3.8, 4) is 5.69 Å². The van der Waals surface area contributed by atoms with Crippen LogP contribution in [-0.4, -0.2) is 14.1 Å². The molecule has 0 fully saturated rings. The van der Waals surface area contributed by atoms with Crippen molar-refractivity contribution in [2.75, 3.05) is 0 Å². The zero-order valence-electron chi connectivity index (χ0n) is 13.0. The van der Waals surface area contributed by atoms with E-state index < -0.39 is 17.1 Å². The van der Waals surface area contributed by atoms with Crippen LogP contribution in [-0.2, 0) is 7.05 Å². The number of nitrogens with zero attached hydrogens (tertiary/aromatic N) is 3. The molecule has 0 atom stereocenters. The highest BCUT2D eigenvalue weighted by atomic mass is 79.9. The molecule has 0 unspecified atom stereocenters. The van der Waals surface area contributed by atoms with Crippen LogP contribution < -0.4 is 11.2 Å². The SMILES string of the molecule is Cn1c(=O)n(-c2cncc3ccccc23)c(=O)c2cc(Br)c(F)cc21. The minimum absolute atomic E-state index is 0.165. The summed E-state index contributed by atoms with van der Waals surface area (Å²) in [6.07, 6.45) is 3.15. The second kappa shape index (κ2) is 5.63. The van der Waals surface area contributed by atoms with E-state index in [0.717, 1.165) is 15.3 Å². The molecule has 0 bridgehead atoms. The van der Waals surface area contributed by atoms with E-state index in [1.54, 1.807) is 6.20 Å². The molecule has 4 rings (SSSR count). The number of benzene rings is 2. The van der Waals surface area contributed by atoms with E-state index in [-0.39, 0.29) is 15.4 Å². The summed E-state index contributed by atoms with van der Waals surface area (Å²) in [5.74, 6) is -0.536. The molecule has 4 aromatic rings. The fraction of sp³-hybridized carbons (Fsp3) is 0.0556. The molecule has 0 saturated heterocycles. The van der Waals surface area contributed by atoms with Crippen LogP contribution in [0, 0.1) is 5.82 Å². The number of aromatic nitrogens is 3. The predicted molar refractivity (Wildman–Crippen MR) is 97.7 cm³/mol. The van der Waals surface area contributed by atoms with E-state index in [1.807, 2.05) is 24.3 Å². The Labute approximate surface area is 149 Å². The molecule has 0 aliphatic rings. The number of rotatable bonds is 1. The highest BCUT2D eigenvalue weighted by Crippen LogP contribution is 2.22. The Morgan fingerprint density at radius 3 is 2.64 bits per heavy atom. The third-order valence-electron chi connectivity index (χ3n) is 4.20. The first-order valence-electron chi connectivity index (χ1n) is 7.43. The minimum atomic E-state index is -0.558. The maximum Gasteiger partial charge on any atom is 0.335 e. The van der Waals surface area contributed by atoms with Crippen LogP contribution >= 0.6 is 15.9 Å². The first kappa shape index (κ1) is 15.7. The van der Waals surface area contributed by atoms with Crippen LogP contribution in [0.4, 0.5) is 4.39 Å². The second-order valence-corrected chi connectivity index (χ2v) is 6.50. The Morgan fingerprint density at radius 1 is 1.08 bits per heavy atom. The molecule has 124 valence electrons. The van der Waals surface area contributed by atoms with Gasteiger partial charge in [-0.1, -0.05) is 24.3 Å². The van der Waals surface area contributed by atoms with Gasteiger partial charge in [-0.25, -0.2) is 13.8 Å². The second-order valence-electron chi connectivity index (χ2n) is 5.65. The fourth-order valence-corrected chi connectivity index (χ4v) is 3.28. The van der Waals surface area contributed by atoms with Crippen molar-refractivity contribution in [2.45, 2.75) is 0 Å². The summed E-state index contributed by atoms with van der Waals surface area (Å²) in [5.41, 5.74) is -0.444. The average molecular weight is 400 g/mol. The average Bonchev–Trinajstić information content (AvgIpc) is 2.62. The van der Waals surface area contributed by atoms with Gasteiger partial charge >= 0.3 is 5.69 Å². The van der Waals surface area contributed by atoms with Crippen LogP contribution in [0.25, 0.3) is 27.4 Å².